The van der Waals surface area contributed by atoms with E-state index < -0.39 is 0 Å². The number of ether oxygens (including phenoxy) is 1. The van der Waals surface area contributed by atoms with Gasteiger partial charge in [-0.05, 0) is 31.5 Å². The van der Waals surface area contributed by atoms with Crippen molar-refractivity contribution in [3.63, 3.8) is 0 Å². The molecule has 1 aromatic carbocycles. The molecule has 0 bridgehead atoms. The first-order valence-corrected chi connectivity index (χ1v) is 4.71. The second-order valence-corrected chi connectivity index (χ2v) is 3.55. The Morgan fingerprint density at radius 1 is 1.27 bits per heavy atom. The molecular weight excluding hydrogens is 192 g/mol. The molecule has 1 aromatic heterocycles. The Labute approximate surface area is 87.3 Å². The van der Waals surface area contributed by atoms with E-state index in [1.165, 1.54) is 0 Å². The van der Waals surface area contributed by atoms with Gasteiger partial charge in [0.1, 0.15) is 11.3 Å². The fraction of sp³-hybridized carbons (Fsp3) is 0.250. The molecule has 0 saturated heterocycles. The van der Waals surface area contributed by atoms with Gasteiger partial charge < -0.3 is 9.15 Å². The van der Waals surface area contributed by atoms with Gasteiger partial charge in [-0.2, -0.15) is 0 Å². The molecule has 0 saturated carbocycles. The molecule has 2 aromatic rings. The van der Waals surface area contributed by atoms with Crippen molar-refractivity contribution in [3.8, 4) is 5.75 Å². The maximum atomic E-state index is 11.5. The third-order valence-electron chi connectivity index (χ3n) is 2.44. The molecule has 0 unspecified atom stereocenters. The average molecular weight is 204 g/mol. The highest BCUT2D eigenvalue weighted by molar-refractivity contribution is 5.84. The lowest BCUT2D eigenvalue weighted by molar-refractivity contribution is 0.409. The molecule has 15 heavy (non-hydrogen) atoms. The summed E-state index contributed by atoms with van der Waals surface area (Å²) in [5, 5.41) is 0.834. The zero-order valence-electron chi connectivity index (χ0n) is 8.96. The van der Waals surface area contributed by atoms with Crippen LogP contribution in [0.4, 0.5) is 0 Å². The number of methoxy groups -OCH3 is 1. The zero-order chi connectivity index (χ0) is 11.0. The topological polar surface area (TPSA) is 39.4 Å². The first-order valence-electron chi connectivity index (χ1n) is 4.71. The molecular formula is C12H12O3. The summed E-state index contributed by atoms with van der Waals surface area (Å²) in [7, 11) is 1.56. The average Bonchev–Trinajstić information content (AvgIpc) is 2.20. The van der Waals surface area contributed by atoms with Gasteiger partial charge in [0.15, 0.2) is 0 Å². The Bertz CT molecular complexity index is 567. The molecule has 0 aliphatic carbocycles. The molecule has 78 valence electrons. The van der Waals surface area contributed by atoms with Crippen molar-refractivity contribution in [1.29, 1.82) is 0 Å². The SMILES string of the molecule is COc1c(C)c(=O)oc2cc(C)ccc12. The van der Waals surface area contributed by atoms with Crippen LogP contribution in [0.2, 0.25) is 0 Å². The molecule has 3 nitrogen and oxygen atoms in total. The molecule has 1 heterocycles. The summed E-state index contributed by atoms with van der Waals surface area (Å²) in [5.74, 6) is 0.598. The van der Waals surface area contributed by atoms with Crippen LogP contribution in [0, 0.1) is 13.8 Å². The van der Waals surface area contributed by atoms with E-state index in [4.69, 9.17) is 9.15 Å². The molecule has 0 spiro atoms. The molecule has 0 aliphatic rings. The molecule has 0 N–H and O–H groups in total. The highest BCUT2D eigenvalue weighted by Gasteiger charge is 2.10. The van der Waals surface area contributed by atoms with Gasteiger partial charge in [-0.25, -0.2) is 4.79 Å². The van der Waals surface area contributed by atoms with Crippen LogP contribution in [0.15, 0.2) is 27.4 Å². The third-order valence-corrected chi connectivity index (χ3v) is 2.44. The van der Waals surface area contributed by atoms with Crippen LogP contribution >= 0.6 is 0 Å². The first-order chi connectivity index (χ1) is 7.13. The van der Waals surface area contributed by atoms with Gasteiger partial charge in [0.25, 0.3) is 0 Å². The highest BCUT2D eigenvalue weighted by Crippen LogP contribution is 2.27. The summed E-state index contributed by atoms with van der Waals surface area (Å²) in [6.07, 6.45) is 0. The fourth-order valence-corrected chi connectivity index (χ4v) is 1.64. The van der Waals surface area contributed by atoms with Crippen molar-refractivity contribution in [2.24, 2.45) is 0 Å². The summed E-state index contributed by atoms with van der Waals surface area (Å²) < 4.78 is 10.4. The molecule has 3 heteroatoms. The number of fused-ring (bicyclic) bond motifs is 1. The summed E-state index contributed by atoms with van der Waals surface area (Å²) in [6, 6.07) is 5.70. The van der Waals surface area contributed by atoms with Crippen molar-refractivity contribution < 1.29 is 9.15 Å². The van der Waals surface area contributed by atoms with Crippen LogP contribution in [0.5, 0.6) is 5.75 Å². The minimum Gasteiger partial charge on any atom is -0.495 e. The normalized spacial score (nSPS) is 10.6. The van der Waals surface area contributed by atoms with Crippen LogP contribution in [0.25, 0.3) is 11.0 Å². The van der Waals surface area contributed by atoms with E-state index in [0.717, 1.165) is 10.9 Å². The van der Waals surface area contributed by atoms with E-state index >= 15 is 0 Å². The maximum absolute atomic E-state index is 11.5. The van der Waals surface area contributed by atoms with Gasteiger partial charge in [0.05, 0.1) is 18.1 Å². The van der Waals surface area contributed by atoms with Gasteiger partial charge in [-0.1, -0.05) is 6.07 Å². The quantitative estimate of drug-likeness (QED) is 0.669. The number of hydrogen-bond donors (Lipinski definition) is 0. The van der Waals surface area contributed by atoms with Crippen LogP contribution < -0.4 is 10.4 Å². The van der Waals surface area contributed by atoms with E-state index in [1.807, 2.05) is 25.1 Å². The van der Waals surface area contributed by atoms with E-state index in [2.05, 4.69) is 0 Å². The minimum absolute atomic E-state index is 0.343. The predicted molar refractivity (Wildman–Crippen MR) is 58.5 cm³/mol. The Morgan fingerprint density at radius 2 is 2.00 bits per heavy atom. The van der Waals surface area contributed by atoms with Gasteiger partial charge in [-0.15, -0.1) is 0 Å². The smallest absolute Gasteiger partial charge is 0.342 e. The monoisotopic (exact) mass is 204 g/mol. The van der Waals surface area contributed by atoms with E-state index in [1.54, 1.807) is 14.0 Å². The summed E-state index contributed by atoms with van der Waals surface area (Å²) in [6.45, 7) is 3.65. The van der Waals surface area contributed by atoms with E-state index in [9.17, 15) is 4.79 Å². The second-order valence-electron chi connectivity index (χ2n) is 3.55. The lowest BCUT2D eigenvalue weighted by atomic mass is 10.1. The van der Waals surface area contributed by atoms with Crippen molar-refractivity contribution in [3.05, 3.63) is 39.7 Å². The highest BCUT2D eigenvalue weighted by atomic mass is 16.5. The Morgan fingerprint density at radius 3 is 2.67 bits per heavy atom. The molecule has 2 rings (SSSR count). The van der Waals surface area contributed by atoms with Crippen LogP contribution in [0.1, 0.15) is 11.1 Å². The third kappa shape index (κ3) is 1.50. The Hall–Kier alpha value is -1.77. The first kappa shape index (κ1) is 9.77. The van der Waals surface area contributed by atoms with Crippen LogP contribution in [-0.4, -0.2) is 7.11 Å². The van der Waals surface area contributed by atoms with Crippen molar-refractivity contribution in [1.82, 2.24) is 0 Å². The predicted octanol–water partition coefficient (Wildman–Crippen LogP) is 2.42. The lowest BCUT2D eigenvalue weighted by Crippen LogP contribution is -2.05. The van der Waals surface area contributed by atoms with Gasteiger partial charge in [0, 0.05) is 0 Å². The van der Waals surface area contributed by atoms with Crippen molar-refractivity contribution >= 4 is 11.0 Å². The Balaban J connectivity index is 2.94. The second kappa shape index (κ2) is 3.42. The van der Waals surface area contributed by atoms with E-state index in [-0.39, 0.29) is 5.63 Å². The van der Waals surface area contributed by atoms with Crippen LogP contribution in [0.3, 0.4) is 0 Å². The fourth-order valence-electron chi connectivity index (χ4n) is 1.64. The number of hydrogen-bond acceptors (Lipinski definition) is 3. The Kier molecular flexibility index (Phi) is 2.23. The van der Waals surface area contributed by atoms with Gasteiger partial charge in [0.2, 0.25) is 0 Å². The zero-order valence-corrected chi connectivity index (χ0v) is 8.96. The lowest BCUT2D eigenvalue weighted by Gasteiger charge is -2.07. The van der Waals surface area contributed by atoms with Crippen molar-refractivity contribution in [2.75, 3.05) is 7.11 Å². The number of aryl methyl sites for hydroxylation is 1. The summed E-state index contributed by atoms with van der Waals surface area (Å²) in [4.78, 5) is 11.5. The number of benzene rings is 1. The summed E-state index contributed by atoms with van der Waals surface area (Å²) in [5.41, 5.74) is 1.79. The largest absolute Gasteiger partial charge is 0.495 e. The standard InChI is InChI=1S/C12H12O3/c1-7-4-5-9-10(6-7)15-12(13)8(2)11(9)14-3/h4-6H,1-3H3. The molecule has 0 aliphatic heterocycles. The number of rotatable bonds is 1. The maximum Gasteiger partial charge on any atom is 0.342 e. The molecule has 0 amide bonds. The molecule has 0 atom stereocenters. The van der Waals surface area contributed by atoms with Crippen LogP contribution in [-0.2, 0) is 0 Å². The van der Waals surface area contributed by atoms with E-state index in [0.29, 0.717) is 16.9 Å². The van der Waals surface area contributed by atoms with Crippen molar-refractivity contribution in [2.45, 2.75) is 13.8 Å². The minimum atomic E-state index is -0.343. The van der Waals surface area contributed by atoms with Gasteiger partial charge in [-0.3, -0.25) is 0 Å². The molecule has 0 fully saturated rings. The summed E-state index contributed by atoms with van der Waals surface area (Å²) >= 11 is 0. The van der Waals surface area contributed by atoms with Gasteiger partial charge >= 0.3 is 5.63 Å². The molecule has 0 radical (unpaired) electrons.